The molecule has 10 heteroatoms. The van der Waals surface area contributed by atoms with Gasteiger partial charge in [0.2, 0.25) is 15.9 Å². The molecule has 0 saturated heterocycles. The molecule has 0 atom stereocenters. The van der Waals surface area contributed by atoms with Gasteiger partial charge < -0.3 is 10.6 Å². The van der Waals surface area contributed by atoms with Gasteiger partial charge in [0.25, 0.3) is 5.91 Å². The van der Waals surface area contributed by atoms with Crippen LogP contribution in [-0.2, 0) is 21.4 Å². The van der Waals surface area contributed by atoms with E-state index < -0.39 is 28.4 Å². The minimum absolute atomic E-state index is 0.188. The summed E-state index contributed by atoms with van der Waals surface area (Å²) >= 11 is 0. The smallest absolute Gasteiger partial charge is 0.253 e. The predicted octanol–water partition coefficient (Wildman–Crippen LogP) is 2.62. The zero-order valence-corrected chi connectivity index (χ0v) is 19.5. The van der Waals surface area contributed by atoms with Gasteiger partial charge in [-0.15, -0.1) is 0 Å². The molecule has 9 nitrogen and oxygen atoms in total. The first-order valence-electron chi connectivity index (χ1n) is 10.3. The quantitative estimate of drug-likeness (QED) is 0.454. The summed E-state index contributed by atoms with van der Waals surface area (Å²) in [6.07, 6.45) is 4.24. The van der Waals surface area contributed by atoms with Gasteiger partial charge in [0, 0.05) is 24.5 Å². The maximum absolute atomic E-state index is 12.8. The highest BCUT2D eigenvalue weighted by Crippen LogP contribution is 2.21. The van der Waals surface area contributed by atoms with Gasteiger partial charge in [0.15, 0.2) is 5.78 Å². The number of benzene rings is 2. The summed E-state index contributed by atoms with van der Waals surface area (Å²) in [6, 6.07) is 16.0. The fourth-order valence-electron chi connectivity index (χ4n) is 3.17. The second kappa shape index (κ2) is 10.7. The maximum Gasteiger partial charge on any atom is 0.253 e. The summed E-state index contributed by atoms with van der Waals surface area (Å²) in [5.74, 6) is -1.29. The summed E-state index contributed by atoms with van der Waals surface area (Å²) in [5, 5.41) is 5.38. The molecule has 0 aliphatic rings. The standard InChI is InChI=1S/C24H24N4O5S/c1-17(29)19-8-5-9-20(13-19)28(34(2,32)33)16-23(30)27-22-11-4-3-10-21(22)24(31)26-15-18-7-6-12-25-14-18/h3-14H,15-16H2,1-2H3,(H,26,31)(H,27,30). The van der Waals surface area contributed by atoms with Crippen molar-refractivity contribution in [2.24, 2.45) is 0 Å². The van der Waals surface area contributed by atoms with Crippen molar-refractivity contribution in [3.63, 3.8) is 0 Å². The van der Waals surface area contributed by atoms with Crippen molar-refractivity contribution in [3.8, 4) is 0 Å². The number of rotatable bonds is 9. The van der Waals surface area contributed by atoms with Gasteiger partial charge >= 0.3 is 0 Å². The van der Waals surface area contributed by atoms with Gasteiger partial charge in [-0.05, 0) is 42.8 Å². The molecule has 0 spiro atoms. The van der Waals surface area contributed by atoms with Gasteiger partial charge in [0.1, 0.15) is 6.54 Å². The van der Waals surface area contributed by atoms with Crippen LogP contribution in [0.15, 0.2) is 73.1 Å². The summed E-state index contributed by atoms with van der Waals surface area (Å²) in [7, 11) is -3.84. The Morgan fingerprint density at radius 3 is 2.44 bits per heavy atom. The Labute approximate surface area is 197 Å². The topological polar surface area (TPSA) is 126 Å². The van der Waals surface area contributed by atoms with E-state index >= 15 is 0 Å². The number of ketones is 1. The van der Waals surface area contributed by atoms with Crippen LogP contribution in [0.4, 0.5) is 11.4 Å². The molecule has 1 heterocycles. The Hall–Kier alpha value is -4.05. The number of sulfonamides is 1. The molecule has 2 N–H and O–H groups in total. The molecule has 2 amide bonds. The average molecular weight is 481 g/mol. The first kappa shape index (κ1) is 24.6. The second-order valence-corrected chi connectivity index (χ2v) is 9.42. The third kappa shape index (κ3) is 6.48. The molecule has 1 aromatic heterocycles. The Balaban J connectivity index is 1.76. The van der Waals surface area contributed by atoms with Crippen LogP contribution < -0.4 is 14.9 Å². The van der Waals surface area contributed by atoms with E-state index in [0.29, 0.717) is 5.56 Å². The van der Waals surface area contributed by atoms with Crippen LogP contribution in [-0.4, -0.2) is 43.8 Å². The van der Waals surface area contributed by atoms with Crippen molar-refractivity contribution in [3.05, 3.63) is 89.7 Å². The first-order valence-corrected chi connectivity index (χ1v) is 12.1. The van der Waals surface area contributed by atoms with Gasteiger partial charge in [-0.25, -0.2) is 8.42 Å². The Kier molecular flexibility index (Phi) is 7.75. The number of nitrogens with one attached hydrogen (secondary N) is 2. The van der Waals surface area contributed by atoms with Crippen LogP contribution in [0.3, 0.4) is 0 Å². The van der Waals surface area contributed by atoms with Crippen molar-refractivity contribution in [1.29, 1.82) is 0 Å². The Bertz CT molecular complexity index is 1310. The third-order valence-electron chi connectivity index (χ3n) is 4.85. The van der Waals surface area contributed by atoms with E-state index in [9.17, 15) is 22.8 Å². The maximum atomic E-state index is 12.8. The highest BCUT2D eigenvalue weighted by molar-refractivity contribution is 7.92. The van der Waals surface area contributed by atoms with Gasteiger partial charge in [-0.2, -0.15) is 0 Å². The zero-order chi connectivity index (χ0) is 24.7. The third-order valence-corrected chi connectivity index (χ3v) is 5.99. The van der Waals surface area contributed by atoms with E-state index in [0.717, 1.165) is 16.1 Å². The number of anilines is 2. The van der Waals surface area contributed by atoms with Crippen LogP contribution in [0, 0.1) is 0 Å². The molecule has 3 rings (SSSR count). The molecule has 2 aromatic carbocycles. The molecule has 34 heavy (non-hydrogen) atoms. The molecular formula is C24H24N4O5S. The van der Waals surface area contributed by atoms with E-state index in [2.05, 4.69) is 15.6 Å². The highest BCUT2D eigenvalue weighted by atomic mass is 32.2. The van der Waals surface area contributed by atoms with Crippen LogP contribution >= 0.6 is 0 Å². The van der Waals surface area contributed by atoms with E-state index in [1.165, 1.54) is 19.1 Å². The van der Waals surface area contributed by atoms with E-state index in [4.69, 9.17) is 0 Å². The van der Waals surface area contributed by atoms with Gasteiger partial charge in [0.05, 0.1) is 23.2 Å². The average Bonchev–Trinajstić information content (AvgIpc) is 2.81. The minimum atomic E-state index is -3.84. The van der Waals surface area contributed by atoms with Crippen molar-refractivity contribution in [1.82, 2.24) is 10.3 Å². The molecule has 0 fully saturated rings. The van der Waals surface area contributed by atoms with E-state index in [1.54, 1.807) is 54.9 Å². The minimum Gasteiger partial charge on any atom is -0.348 e. The summed E-state index contributed by atoms with van der Waals surface area (Å²) in [6.45, 7) is 1.09. The van der Waals surface area contributed by atoms with Crippen molar-refractivity contribution in [2.45, 2.75) is 13.5 Å². The lowest BCUT2D eigenvalue weighted by atomic mass is 10.1. The summed E-state index contributed by atoms with van der Waals surface area (Å²) < 4.78 is 25.7. The number of carbonyl (C=O) groups is 3. The van der Waals surface area contributed by atoms with Crippen molar-refractivity contribution in [2.75, 3.05) is 22.4 Å². The highest BCUT2D eigenvalue weighted by Gasteiger charge is 2.22. The van der Waals surface area contributed by atoms with Crippen LogP contribution in [0.1, 0.15) is 33.2 Å². The normalized spacial score (nSPS) is 10.9. The van der Waals surface area contributed by atoms with Crippen LogP contribution in [0.5, 0.6) is 0 Å². The fraction of sp³-hybridized carbons (Fsp3) is 0.167. The molecule has 3 aromatic rings. The molecule has 0 aliphatic heterocycles. The monoisotopic (exact) mass is 480 g/mol. The number of carbonyl (C=O) groups excluding carboxylic acids is 3. The molecule has 0 bridgehead atoms. The summed E-state index contributed by atoms with van der Waals surface area (Å²) in [5.41, 5.74) is 1.79. The van der Waals surface area contributed by atoms with Crippen molar-refractivity contribution < 1.29 is 22.8 Å². The van der Waals surface area contributed by atoms with Gasteiger partial charge in [-0.1, -0.05) is 30.3 Å². The number of pyridine rings is 1. The molecule has 0 radical (unpaired) electrons. The Morgan fingerprint density at radius 1 is 1.00 bits per heavy atom. The number of hydrogen-bond donors (Lipinski definition) is 2. The van der Waals surface area contributed by atoms with E-state index in [-0.39, 0.29) is 29.3 Å². The van der Waals surface area contributed by atoms with E-state index in [1.807, 2.05) is 6.07 Å². The number of Topliss-reactive ketones (excluding diaryl/α,β-unsaturated/α-hetero) is 1. The van der Waals surface area contributed by atoms with Crippen LogP contribution in [0.25, 0.3) is 0 Å². The first-order chi connectivity index (χ1) is 16.1. The summed E-state index contributed by atoms with van der Waals surface area (Å²) in [4.78, 5) is 41.2. The number of nitrogens with zero attached hydrogens (tertiary/aromatic N) is 2. The fourth-order valence-corrected chi connectivity index (χ4v) is 4.02. The molecular weight excluding hydrogens is 456 g/mol. The number of amides is 2. The lowest BCUT2D eigenvalue weighted by Gasteiger charge is -2.22. The molecule has 176 valence electrons. The zero-order valence-electron chi connectivity index (χ0n) is 18.7. The molecule has 0 unspecified atom stereocenters. The van der Waals surface area contributed by atoms with Crippen LogP contribution in [0.2, 0.25) is 0 Å². The van der Waals surface area contributed by atoms with Gasteiger partial charge in [-0.3, -0.25) is 23.7 Å². The predicted molar refractivity (Wildman–Crippen MR) is 129 cm³/mol. The number of para-hydroxylation sites is 1. The SMILES string of the molecule is CC(=O)c1cccc(N(CC(=O)Nc2ccccc2C(=O)NCc2cccnc2)S(C)(=O)=O)c1. The molecule has 0 saturated carbocycles. The number of hydrogen-bond acceptors (Lipinski definition) is 6. The largest absolute Gasteiger partial charge is 0.348 e. The lowest BCUT2D eigenvalue weighted by molar-refractivity contribution is -0.114. The second-order valence-electron chi connectivity index (χ2n) is 7.51. The lowest BCUT2D eigenvalue weighted by Crippen LogP contribution is -2.37. The Morgan fingerprint density at radius 2 is 1.76 bits per heavy atom. The number of aromatic nitrogens is 1. The molecule has 0 aliphatic carbocycles. The van der Waals surface area contributed by atoms with Crippen molar-refractivity contribution >= 4 is 39.0 Å².